The Balaban J connectivity index is 1.51. The molecule has 96 valence electrons. The molecule has 1 heteroatoms. The highest BCUT2D eigenvalue weighted by Gasteiger charge is 2.39. The van der Waals surface area contributed by atoms with E-state index in [4.69, 9.17) is 0 Å². The molecule has 18 heavy (non-hydrogen) atoms. The average Bonchev–Trinajstić information content (AvgIpc) is 3.01. The number of hydrogen-bond acceptors (Lipinski definition) is 1. The summed E-state index contributed by atoms with van der Waals surface area (Å²) >= 11 is 0. The smallest absolute Gasteiger partial charge is 0.0372 e. The second kappa shape index (κ2) is 4.29. The van der Waals surface area contributed by atoms with Gasteiger partial charge in [0.2, 0.25) is 0 Å². The molecule has 3 atom stereocenters. The van der Waals surface area contributed by atoms with Crippen LogP contribution < -0.4 is 5.32 Å². The van der Waals surface area contributed by atoms with Gasteiger partial charge in [0.1, 0.15) is 0 Å². The van der Waals surface area contributed by atoms with E-state index in [1.54, 1.807) is 11.1 Å². The lowest BCUT2D eigenvalue weighted by atomic mass is 9.83. The molecule has 1 N–H and O–H groups in total. The van der Waals surface area contributed by atoms with Crippen LogP contribution in [-0.2, 0) is 12.8 Å². The van der Waals surface area contributed by atoms with Gasteiger partial charge in [-0.1, -0.05) is 18.6 Å². The summed E-state index contributed by atoms with van der Waals surface area (Å²) in [6.45, 7) is 1.15. The van der Waals surface area contributed by atoms with Crippen molar-refractivity contribution < 1.29 is 0 Å². The molecular weight excluding hydrogens is 218 g/mol. The second-order valence-corrected chi connectivity index (χ2v) is 6.66. The van der Waals surface area contributed by atoms with Crippen molar-refractivity contribution in [2.75, 3.05) is 11.9 Å². The Morgan fingerprint density at radius 2 is 2.17 bits per heavy atom. The van der Waals surface area contributed by atoms with Gasteiger partial charge in [-0.15, -0.1) is 0 Å². The van der Waals surface area contributed by atoms with Crippen molar-refractivity contribution in [2.45, 2.75) is 44.9 Å². The molecule has 2 aliphatic carbocycles. The van der Waals surface area contributed by atoms with Crippen LogP contribution in [0.5, 0.6) is 0 Å². The summed E-state index contributed by atoms with van der Waals surface area (Å²) in [5.74, 6) is 3.14. The monoisotopic (exact) mass is 241 g/mol. The third-order valence-electron chi connectivity index (χ3n) is 5.49. The standard InChI is InChI=1S/C17H23N/c1-2-15-9-13(4-6-17(15)18-7-1)11-16-10-12-3-5-14(16)8-12/h4,6,9,12,14,16,18H,1-3,5,7-8,10-11H2. The van der Waals surface area contributed by atoms with E-state index in [1.807, 2.05) is 0 Å². The molecule has 1 heterocycles. The Kier molecular flexibility index (Phi) is 2.60. The predicted octanol–water partition coefficient (Wildman–Crippen LogP) is 4.02. The lowest BCUT2D eigenvalue weighted by molar-refractivity contribution is 0.331. The zero-order valence-electron chi connectivity index (χ0n) is 11.1. The van der Waals surface area contributed by atoms with Crippen molar-refractivity contribution in [3.05, 3.63) is 29.3 Å². The summed E-state index contributed by atoms with van der Waals surface area (Å²) in [6, 6.07) is 7.16. The van der Waals surface area contributed by atoms with E-state index in [2.05, 4.69) is 23.5 Å². The zero-order valence-corrected chi connectivity index (χ0v) is 11.1. The Hall–Kier alpha value is -0.980. The van der Waals surface area contributed by atoms with Crippen molar-refractivity contribution in [3.8, 4) is 0 Å². The summed E-state index contributed by atoms with van der Waals surface area (Å²) in [6.07, 6.45) is 10.0. The molecule has 2 saturated carbocycles. The van der Waals surface area contributed by atoms with Crippen LogP contribution in [0.15, 0.2) is 18.2 Å². The molecule has 2 fully saturated rings. The number of nitrogens with one attached hydrogen (secondary N) is 1. The van der Waals surface area contributed by atoms with Gasteiger partial charge in [-0.05, 0) is 73.5 Å². The van der Waals surface area contributed by atoms with Gasteiger partial charge < -0.3 is 5.32 Å². The van der Waals surface area contributed by atoms with Crippen LogP contribution in [0, 0.1) is 17.8 Å². The highest BCUT2D eigenvalue weighted by atomic mass is 14.9. The lowest BCUT2D eigenvalue weighted by Crippen LogP contribution is -2.15. The minimum Gasteiger partial charge on any atom is -0.385 e. The second-order valence-electron chi connectivity index (χ2n) is 6.66. The van der Waals surface area contributed by atoms with Crippen LogP contribution >= 0.6 is 0 Å². The predicted molar refractivity (Wildman–Crippen MR) is 75.9 cm³/mol. The first-order valence-electron chi connectivity index (χ1n) is 7.74. The first-order valence-corrected chi connectivity index (χ1v) is 7.74. The van der Waals surface area contributed by atoms with Crippen molar-refractivity contribution in [1.29, 1.82) is 0 Å². The molecule has 1 aliphatic heterocycles. The van der Waals surface area contributed by atoms with E-state index in [9.17, 15) is 0 Å². The van der Waals surface area contributed by atoms with Crippen LogP contribution in [0.1, 0.15) is 43.2 Å². The quantitative estimate of drug-likeness (QED) is 0.824. The number of anilines is 1. The van der Waals surface area contributed by atoms with Gasteiger partial charge in [0.05, 0.1) is 0 Å². The maximum absolute atomic E-state index is 3.51. The van der Waals surface area contributed by atoms with E-state index in [0.717, 1.165) is 24.3 Å². The molecule has 0 amide bonds. The molecule has 4 rings (SSSR count). The third kappa shape index (κ3) is 1.84. The molecule has 1 aromatic carbocycles. The zero-order chi connectivity index (χ0) is 11.9. The molecule has 0 saturated heterocycles. The van der Waals surface area contributed by atoms with Gasteiger partial charge in [0.25, 0.3) is 0 Å². The van der Waals surface area contributed by atoms with Gasteiger partial charge in [-0.3, -0.25) is 0 Å². The minimum atomic E-state index is 0.998. The van der Waals surface area contributed by atoms with Crippen molar-refractivity contribution in [2.24, 2.45) is 17.8 Å². The summed E-state index contributed by atoms with van der Waals surface area (Å²) in [5, 5.41) is 3.51. The molecule has 1 nitrogen and oxygen atoms in total. The normalized spacial score (nSPS) is 33.2. The number of rotatable bonds is 2. The van der Waals surface area contributed by atoms with E-state index in [0.29, 0.717) is 0 Å². The van der Waals surface area contributed by atoms with Gasteiger partial charge in [0, 0.05) is 12.2 Å². The highest BCUT2D eigenvalue weighted by Crippen LogP contribution is 2.49. The average molecular weight is 241 g/mol. The molecule has 0 spiro atoms. The fraction of sp³-hybridized carbons (Fsp3) is 0.647. The van der Waals surface area contributed by atoms with Crippen molar-refractivity contribution in [3.63, 3.8) is 0 Å². The van der Waals surface area contributed by atoms with Gasteiger partial charge >= 0.3 is 0 Å². The van der Waals surface area contributed by atoms with Crippen molar-refractivity contribution in [1.82, 2.24) is 0 Å². The molecule has 3 unspecified atom stereocenters. The van der Waals surface area contributed by atoms with Crippen LogP contribution in [-0.4, -0.2) is 6.54 Å². The molecule has 0 aromatic heterocycles. The Morgan fingerprint density at radius 1 is 1.17 bits per heavy atom. The van der Waals surface area contributed by atoms with E-state index in [-0.39, 0.29) is 0 Å². The Morgan fingerprint density at radius 3 is 3.00 bits per heavy atom. The summed E-state index contributed by atoms with van der Waals surface area (Å²) < 4.78 is 0. The molecule has 0 radical (unpaired) electrons. The first-order chi connectivity index (χ1) is 8.88. The van der Waals surface area contributed by atoms with Crippen LogP contribution in [0.3, 0.4) is 0 Å². The number of benzene rings is 1. The Labute approximate surface area is 110 Å². The number of hydrogen-bond donors (Lipinski definition) is 1. The van der Waals surface area contributed by atoms with Gasteiger partial charge in [-0.25, -0.2) is 0 Å². The lowest BCUT2D eigenvalue weighted by Gasteiger charge is -2.23. The highest BCUT2D eigenvalue weighted by molar-refractivity contribution is 5.54. The molecule has 3 aliphatic rings. The largest absolute Gasteiger partial charge is 0.385 e. The van der Waals surface area contributed by atoms with Crippen LogP contribution in [0.25, 0.3) is 0 Å². The number of fused-ring (bicyclic) bond motifs is 3. The van der Waals surface area contributed by atoms with Crippen LogP contribution in [0.2, 0.25) is 0 Å². The first kappa shape index (κ1) is 10.9. The van der Waals surface area contributed by atoms with Crippen LogP contribution in [0.4, 0.5) is 5.69 Å². The topological polar surface area (TPSA) is 12.0 Å². The summed E-state index contributed by atoms with van der Waals surface area (Å²) in [4.78, 5) is 0. The summed E-state index contributed by atoms with van der Waals surface area (Å²) in [5.41, 5.74) is 4.54. The molecular formula is C17H23N. The summed E-state index contributed by atoms with van der Waals surface area (Å²) in [7, 11) is 0. The van der Waals surface area contributed by atoms with E-state index >= 15 is 0 Å². The van der Waals surface area contributed by atoms with E-state index < -0.39 is 0 Å². The minimum absolute atomic E-state index is 0.998. The van der Waals surface area contributed by atoms with E-state index in [1.165, 1.54) is 50.6 Å². The Bertz CT molecular complexity index is 451. The maximum atomic E-state index is 3.51. The van der Waals surface area contributed by atoms with Crippen molar-refractivity contribution >= 4 is 5.69 Å². The maximum Gasteiger partial charge on any atom is 0.0372 e. The molecule has 2 bridgehead atoms. The fourth-order valence-electron chi connectivity index (χ4n) is 4.58. The third-order valence-corrected chi connectivity index (χ3v) is 5.49. The number of aryl methyl sites for hydroxylation is 1. The molecule has 1 aromatic rings. The van der Waals surface area contributed by atoms with Gasteiger partial charge in [0.15, 0.2) is 0 Å². The van der Waals surface area contributed by atoms with Gasteiger partial charge in [-0.2, -0.15) is 0 Å². The SMILES string of the molecule is c1cc2c(cc1CC1CC3CCC1C3)CCCN2. The fourth-order valence-corrected chi connectivity index (χ4v) is 4.58.